The van der Waals surface area contributed by atoms with Crippen molar-refractivity contribution in [1.82, 2.24) is 4.72 Å². The summed E-state index contributed by atoms with van der Waals surface area (Å²) in [6, 6.07) is 12.7. The highest BCUT2D eigenvalue weighted by atomic mass is 32.2. The fraction of sp³-hybridized carbons (Fsp3) is 0.167. The van der Waals surface area contributed by atoms with Crippen LogP contribution in [-0.2, 0) is 24.3 Å². The lowest BCUT2D eigenvalue weighted by Gasteiger charge is -2.14. The van der Waals surface area contributed by atoms with Gasteiger partial charge in [-0.05, 0) is 37.3 Å². The summed E-state index contributed by atoms with van der Waals surface area (Å²) in [6.07, 6.45) is -1.23. The van der Waals surface area contributed by atoms with Gasteiger partial charge in [0, 0.05) is 5.69 Å². The van der Waals surface area contributed by atoms with Gasteiger partial charge in [-0.3, -0.25) is 9.59 Å². The monoisotopic (exact) mass is 405 g/mol. The number of nitriles is 1. The number of ether oxygens (including phenoxy) is 1. The van der Waals surface area contributed by atoms with Gasteiger partial charge in [0.2, 0.25) is 10.0 Å². The third-order valence-electron chi connectivity index (χ3n) is 3.47. The molecule has 0 unspecified atom stereocenters. The van der Waals surface area contributed by atoms with Crippen molar-refractivity contribution in [2.24, 2.45) is 0 Å². The van der Waals surface area contributed by atoms with Gasteiger partial charge in [0.1, 0.15) is 17.3 Å². The Morgan fingerprint density at radius 2 is 1.93 bits per heavy atom. The molecule has 2 rings (SSSR count). The summed E-state index contributed by atoms with van der Waals surface area (Å²) in [5, 5.41) is 11.3. The third-order valence-corrected chi connectivity index (χ3v) is 4.90. The highest BCUT2D eigenvalue weighted by Gasteiger charge is 2.22. The molecule has 146 valence electrons. The highest BCUT2D eigenvalue weighted by Crippen LogP contribution is 2.13. The molecule has 0 heterocycles. The minimum atomic E-state index is -4.26. The average Bonchev–Trinajstić information content (AvgIpc) is 2.66. The van der Waals surface area contributed by atoms with Gasteiger partial charge in [-0.25, -0.2) is 12.8 Å². The number of carbonyl (C=O) groups excluding carboxylic acids is 2. The van der Waals surface area contributed by atoms with Crippen molar-refractivity contribution in [1.29, 1.82) is 5.26 Å². The molecule has 0 bridgehead atoms. The summed E-state index contributed by atoms with van der Waals surface area (Å²) in [5.41, 5.74) is 0.678. The van der Waals surface area contributed by atoms with Crippen molar-refractivity contribution in [3.05, 3.63) is 59.9 Å². The van der Waals surface area contributed by atoms with Gasteiger partial charge in [-0.1, -0.05) is 18.2 Å². The first-order valence-corrected chi connectivity index (χ1v) is 9.46. The zero-order chi connectivity index (χ0) is 20.7. The van der Waals surface area contributed by atoms with E-state index in [1.54, 1.807) is 18.2 Å². The van der Waals surface area contributed by atoms with E-state index in [1.165, 1.54) is 25.1 Å². The van der Waals surface area contributed by atoms with Gasteiger partial charge in [0.25, 0.3) is 5.91 Å². The summed E-state index contributed by atoms with van der Waals surface area (Å²) in [7, 11) is -4.26. The zero-order valence-corrected chi connectivity index (χ0v) is 15.5. The number of sulfonamides is 1. The summed E-state index contributed by atoms with van der Waals surface area (Å²) >= 11 is 0. The number of nitrogens with one attached hydrogen (secondary N) is 2. The molecule has 10 heteroatoms. The van der Waals surface area contributed by atoms with Gasteiger partial charge in [-0.2, -0.15) is 9.98 Å². The van der Waals surface area contributed by atoms with Crippen molar-refractivity contribution < 1.29 is 27.1 Å². The van der Waals surface area contributed by atoms with Gasteiger partial charge in [0.05, 0.1) is 11.6 Å². The zero-order valence-electron chi connectivity index (χ0n) is 14.7. The number of carbonyl (C=O) groups is 2. The Bertz CT molecular complexity index is 1030. The molecule has 0 aliphatic rings. The molecule has 28 heavy (non-hydrogen) atoms. The Labute approximate surface area is 161 Å². The molecule has 0 spiro atoms. The molecule has 0 radical (unpaired) electrons. The normalized spacial score (nSPS) is 11.9. The SMILES string of the molecule is C[C@H](OC(=O)CNS(=O)(=O)c1ccccc1F)C(=O)Nc1cccc(C#N)c1. The van der Waals surface area contributed by atoms with Crippen molar-refractivity contribution in [3.63, 3.8) is 0 Å². The summed E-state index contributed by atoms with van der Waals surface area (Å²) in [4.78, 5) is 23.3. The van der Waals surface area contributed by atoms with Crippen LogP contribution < -0.4 is 10.0 Å². The van der Waals surface area contributed by atoms with E-state index in [4.69, 9.17) is 10.00 Å². The Kier molecular flexibility index (Phi) is 6.81. The van der Waals surface area contributed by atoms with E-state index in [9.17, 15) is 22.4 Å². The molecular formula is C18H16FN3O5S. The molecule has 2 N–H and O–H groups in total. The number of benzene rings is 2. The number of nitrogens with zero attached hydrogens (tertiary/aromatic N) is 1. The maximum absolute atomic E-state index is 13.6. The van der Waals surface area contributed by atoms with E-state index >= 15 is 0 Å². The lowest BCUT2D eigenvalue weighted by molar-refractivity contribution is -0.151. The number of anilines is 1. The van der Waals surface area contributed by atoms with E-state index in [0.29, 0.717) is 11.3 Å². The van der Waals surface area contributed by atoms with E-state index in [-0.39, 0.29) is 0 Å². The molecule has 2 aromatic rings. The smallest absolute Gasteiger partial charge is 0.321 e. The molecule has 0 saturated carbocycles. The van der Waals surface area contributed by atoms with Gasteiger partial charge < -0.3 is 10.1 Å². The van der Waals surface area contributed by atoms with Crippen LogP contribution in [0.2, 0.25) is 0 Å². The van der Waals surface area contributed by atoms with E-state index in [1.807, 2.05) is 10.8 Å². The van der Waals surface area contributed by atoms with Crippen LogP contribution in [0.5, 0.6) is 0 Å². The predicted octanol–water partition coefficient (Wildman–Crippen LogP) is 1.55. The molecule has 1 amide bonds. The van der Waals surface area contributed by atoms with Gasteiger partial charge in [0.15, 0.2) is 6.10 Å². The van der Waals surface area contributed by atoms with Crippen LogP contribution in [0.3, 0.4) is 0 Å². The van der Waals surface area contributed by atoms with Gasteiger partial charge in [-0.15, -0.1) is 0 Å². The quantitative estimate of drug-likeness (QED) is 0.673. The Balaban J connectivity index is 1.90. The lowest BCUT2D eigenvalue weighted by atomic mass is 10.2. The molecule has 2 aromatic carbocycles. The molecule has 0 aliphatic heterocycles. The maximum atomic E-state index is 13.6. The molecule has 0 fully saturated rings. The van der Waals surface area contributed by atoms with Crippen LogP contribution >= 0.6 is 0 Å². The molecule has 1 atom stereocenters. The summed E-state index contributed by atoms with van der Waals surface area (Å²) < 4.78 is 44.4. The van der Waals surface area contributed by atoms with Crippen LogP contribution in [-0.4, -0.2) is 32.9 Å². The Morgan fingerprint density at radius 3 is 2.61 bits per heavy atom. The summed E-state index contributed by atoms with van der Waals surface area (Å²) in [5.74, 6) is -2.65. The fourth-order valence-electron chi connectivity index (χ4n) is 2.10. The molecular weight excluding hydrogens is 389 g/mol. The van der Waals surface area contributed by atoms with E-state index in [2.05, 4.69) is 5.32 Å². The maximum Gasteiger partial charge on any atom is 0.321 e. The second-order valence-corrected chi connectivity index (χ2v) is 7.30. The van der Waals surface area contributed by atoms with Crippen molar-refractivity contribution >= 4 is 27.6 Å². The Morgan fingerprint density at radius 1 is 1.21 bits per heavy atom. The predicted molar refractivity (Wildman–Crippen MR) is 96.9 cm³/mol. The van der Waals surface area contributed by atoms with Gasteiger partial charge >= 0.3 is 5.97 Å². The van der Waals surface area contributed by atoms with E-state index in [0.717, 1.165) is 12.1 Å². The highest BCUT2D eigenvalue weighted by molar-refractivity contribution is 7.89. The van der Waals surface area contributed by atoms with Crippen molar-refractivity contribution in [2.75, 3.05) is 11.9 Å². The van der Waals surface area contributed by atoms with Crippen molar-refractivity contribution in [2.45, 2.75) is 17.9 Å². The minimum absolute atomic E-state index is 0.338. The lowest BCUT2D eigenvalue weighted by Crippen LogP contribution is -2.36. The fourth-order valence-corrected chi connectivity index (χ4v) is 3.14. The number of esters is 1. The van der Waals surface area contributed by atoms with Crippen LogP contribution in [0.1, 0.15) is 12.5 Å². The van der Waals surface area contributed by atoms with Crippen LogP contribution in [0.15, 0.2) is 53.4 Å². The topological polar surface area (TPSA) is 125 Å². The minimum Gasteiger partial charge on any atom is -0.452 e. The molecule has 0 aromatic heterocycles. The Hall–Kier alpha value is -3.29. The van der Waals surface area contributed by atoms with Crippen molar-refractivity contribution in [3.8, 4) is 6.07 Å². The first-order chi connectivity index (χ1) is 13.2. The number of hydrogen-bond acceptors (Lipinski definition) is 6. The molecule has 0 aliphatic carbocycles. The second-order valence-electron chi connectivity index (χ2n) is 5.57. The second kappa shape index (κ2) is 9.07. The van der Waals surface area contributed by atoms with Crippen LogP contribution in [0.4, 0.5) is 10.1 Å². The van der Waals surface area contributed by atoms with Crippen LogP contribution in [0.25, 0.3) is 0 Å². The first kappa shape index (κ1) is 21.0. The third kappa shape index (κ3) is 5.60. The number of halogens is 1. The number of rotatable bonds is 7. The van der Waals surface area contributed by atoms with E-state index < -0.39 is 45.3 Å². The average molecular weight is 405 g/mol. The number of amides is 1. The standard InChI is InChI=1S/C18H16FN3O5S/c1-12(18(24)22-14-6-4-5-13(9-14)10-20)27-17(23)11-21-28(25,26)16-8-3-2-7-15(16)19/h2-9,12,21H,11H2,1H3,(H,22,24)/t12-/m0/s1. The summed E-state index contributed by atoms with van der Waals surface area (Å²) in [6.45, 7) is 0.519. The first-order valence-electron chi connectivity index (χ1n) is 7.97. The molecule has 8 nitrogen and oxygen atoms in total. The molecule has 0 saturated heterocycles. The largest absolute Gasteiger partial charge is 0.452 e. The number of hydrogen-bond donors (Lipinski definition) is 2. The van der Waals surface area contributed by atoms with Crippen LogP contribution in [0, 0.1) is 17.1 Å².